The zero-order chi connectivity index (χ0) is 22.8. The monoisotopic (exact) mass is 652 g/mol. The quantitative estimate of drug-likeness (QED) is 0.115. The predicted octanol–water partition coefficient (Wildman–Crippen LogP) is 6.29. The first-order valence-electron chi connectivity index (χ1n) is 9.90. The summed E-state index contributed by atoms with van der Waals surface area (Å²) in [6.07, 6.45) is 0.699. The van der Waals surface area contributed by atoms with Gasteiger partial charge in [-0.05, 0) is 75.0 Å². The molecule has 7 heteroatoms. The van der Waals surface area contributed by atoms with Gasteiger partial charge < -0.3 is 14.3 Å². The number of hydrogen-bond acceptors (Lipinski definition) is 5. The van der Waals surface area contributed by atoms with E-state index in [1.807, 2.05) is 82.4 Å². The third-order valence-corrected chi connectivity index (χ3v) is 6.63. The number of ketones is 1. The number of phenolic OH excluding ortho intramolecular Hbond substituents is 1. The van der Waals surface area contributed by atoms with Crippen LogP contribution >= 0.6 is 45.2 Å². The highest BCUT2D eigenvalue weighted by Gasteiger charge is 2.23. The van der Waals surface area contributed by atoms with Gasteiger partial charge in [0.2, 0.25) is 0 Å². The fourth-order valence-corrected chi connectivity index (χ4v) is 5.23. The predicted molar refractivity (Wildman–Crippen MR) is 138 cm³/mol. The highest BCUT2D eigenvalue weighted by Crippen LogP contribution is 2.34. The number of halogens is 2. The fourth-order valence-electron chi connectivity index (χ4n) is 3.46. The lowest BCUT2D eigenvalue weighted by atomic mass is 9.99. The molecule has 162 valence electrons. The van der Waals surface area contributed by atoms with Crippen molar-refractivity contribution < 1.29 is 23.8 Å². The highest BCUT2D eigenvalue weighted by atomic mass is 127. The van der Waals surface area contributed by atoms with Crippen LogP contribution in [0.25, 0.3) is 11.0 Å². The summed E-state index contributed by atoms with van der Waals surface area (Å²) in [6, 6.07) is 17.8. The Morgan fingerprint density at radius 3 is 2.34 bits per heavy atom. The summed E-state index contributed by atoms with van der Waals surface area (Å²) in [5.41, 5.74) is 2.32. The SMILES string of the molecule is CCc1oc2cc(OC(=O)Cc3ccccc3)ccc2c1C(=O)c1cc(I)c(O)c(I)c1. The van der Waals surface area contributed by atoms with E-state index in [1.165, 1.54) is 0 Å². The minimum atomic E-state index is -0.373. The fraction of sp³-hybridized carbons (Fsp3) is 0.120. The Hall–Kier alpha value is -2.40. The molecule has 1 N–H and O–H groups in total. The van der Waals surface area contributed by atoms with Gasteiger partial charge in [-0.15, -0.1) is 0 Å². The number of benzene rings is 3. The molecule has 0 amide bonds. The van der Waals surface area contributed by atoms with Crippen LogP contribution in [0.5, 0.6) is 11.5 Å². The van der Waals surface area contributed by atoms with Crippen LogP contribution in [-0.4, -0.2) is 16.9 Å². The van der Waals surface area contributed by atoms with Gasteiger partial charge in [0.15, 0.2) is 5.78 Å². The lowest BCUT2D eigenvalue weighted by Crippen LogP contribution is -2.11. The lowest BCUT2D eigenvalue weighted by Gasteiger charge is -2.06. The van der Waals surface area contributed by atoms with E-state index < -0.39 is 0 Å². The molecule has 4 rings (SSSR count). The maximum Gasteiger partial charge on any atom is 0.315 e. The molecule has 4 aromatic rings. The number of rotatable bonds is 6. The summed E-state index contributed by atoms with van der Waals surface area (Å²) >= 11 is 4.01. The Morgan fingerprint density at radius 2 is 1.69 bits per heavy atom. The van der Waals surface area contributed by atoms with Crippen molar-refractivity contribution in [2.24, 2.45) is 0 Å². The van der Waals surface area contributed by atoms with Crippen molar-refractivity contribution in [3.05, 3.63) is 90.3 Å². The van der Waals surface area contributed by atoms with Crippen molar-refractivity contribution in [1.29, 1.82) is 0 Å². The van der Waals surface area contributed by atoms with Gasteiger partial charge in [0.1, 0.15) is 22.8 Å². The summed E-state index contributed by atoms with van der Waals surface area (Å²) in [5, 5.41) is 10.7. The Labute approximate surface area is 212 Å². The smallest absolute Gasteiger partial charge is 0.315 e. The van der Waals surface area contributed by atoms with Crippen LogP contribution < -0.4 is 4.74 Å². The molecule has 3 aromatic carbocycles. The topological polar surface area (TPSA) is 76.7 Å². The van der Waals surface area contributed by atoms with E-state index in [-0.39, 0.29) is 23.9 Å². The van der Waals surface area contributed by atoms with Gasteiger partial charge in [-0.25, -0.2) is 0 Å². The van der Waals surface area contributed by atoms with Crippen LogP contribution in [-0.2, 0) is 17.6 Å². The molecule has 0 saturated heterocycles. The number of aromatic hydroxyl groups is 1. The van der Waals surface area contributed by atoms with Crippen LogP contribution in [0.3, 0.4) is 0 Å². The van der Waals surface area contributed by atoms with E-state index in [9.17, 15) is 14.7 Å². The van der Waals surface area contributed by atoms with Crippen molar-refractivity contribution >= 4 is 67.9 Å². The Kier molecular flexibility index (Phi) is 6.85. The number of fused-ring (bicyclic) bond motifs is 1. The van der Waals surface area contributed by atoms with Crippen LogP contribution in [0.4, 0.5) is 0 Å². The summed E-state index contributed by atoms with van der Waals surface area (Å²) in [4.78, 5) is 25.7. The molecule has 5 nitrogen and oxygen atoms in total. The summed E-state index contributed by atoms with van der Waals surface area (Å²) in [6.45, 7) is 1.92. The molecule has 0 aliphatic carbocycles. The number of carbonyl (C=O) groups is 2. The molecular formula is C25H18I2O5. The zero-order valence-corrected chi connectivity index (χ0v) is 21.3. The summed E-state index contributed by atoms with van der Waals surface area (Å²) in [7, 11) is 0. The second kappa shape index (κ2) is 9.62. The van der Waals surface area contributed by atoms with E-state index in [2.05, 4.69) is 0 Å². The molecule has 0 aliphatic heterocycles. The number of hydrogen-bond donors (Lipinski definition) is 1. The first-order chi connectivity index (χ1) is 15.4. The minimum absolute atomic E-state index is 0.164. The normalized spacial score (nSPS) is 11.0. The summed E-state index contributed by atoms with van der Waals surface area (Å²) < 4.78 is 12.7. The molecule has 0 spiro atoms. The molecule has 0 bridgehead atoms. The third-order valence-electron chi connectivity index (χ3n) is 4.98. The van der Waals surface area contributed by atoms with Crippen molar-refractivity contribution in [1.82, 2.24) is 0 Å². The first kappa shape index (κ1) is 22.8. The third kappa shape index (κ3) is 4.68. The van der Waals surface area contributed by atoms with Crippen LogP contribution in [0, 0.1) is 7.14 Å². The second-order valence-corrected chi connectivity index (χ2v) is 9.49. The van der Waals surface area contributed by atoms with Crippen LogP contribution in [0.1, 0.15) is 34.2 Å². The molecule has 1 aromatic heterocycles. The number of carbonyl (C=O) groups excluding carboxylic acids is 2. The van der Waals surface area contributed by atoms with Gasteiger partial charge in [-0.2, -0.15) is 0 Å². The van der Waals surface area contributed by atoms with Crippen molar-refractivity contribution in [3.63, 3.8) is 0 Å². The summed E-state index contributed by atoms with van der Waals surface area (Å²) in [5.74, 6) is 0.545. The molecule has 0 aliphatic rings. The number of esters is 1. The molecule has 0 radical (unpaired) electrons. The van der Waals surface area contributed by atoms with Crippen LogP contribution in [0.2, 0.25) is 0 Å². The van der Waals surface area contributed by atoms with E-state index in [0.29, 0.717) is 47.2 Å². The van der Waals surface area contributed by atoms with E-state index in [1.54, 1.807) is 30.3 Å². The average Bonchev–Trinajstić information content (AvgIpc) is 3.15. The first-order valence-corrected chi connectivity index (χ1v) is 12.1. The largest absolute Gasteiger partial charge is 0.506 e. The molecular weight excluding hydrogens is 634 g/mol. The van der Waals surface area contributed by atoms with Gasteiger partial charge in [-0.3, -0.25) is 9.59 Å². The van der Waals surface area contributed by atoms with Gasteiger partial charge >= 0.3 is 5.97 Å². The van der Waals surface area contributed by atoms with E-state index >= 15 is 0 Å². The van der Waals surface area contributed by atoms with E-state index in [0.717, 1.165) is 5.56 Å². The number of furan rings is 1. The van der Waals surface area contributed by atoms with Crippen molar-refractivity contribution in [2.45, 2.75) is 19.8 Å². The zero-order valence-electron chi connectivity index (χ0n) is 17.0. The number of aryl methyl sites for hydroxylation is 1. The van der Waals surface area contributed by atoms with Gasteiger partial charge in [0.25, 0.3) is 0 Å². The molecule has 0 fully saturated rings. The van der Waals surface area contributed by atoms with Crippen molar-refractivity contribution in [3.8, 4) is 11.5 Å². The second-order valence-electron chi connectivity index (χ2n) is 7.17. The van der Waals surface area contributed by atoms with Gasteiger partial charge in [-0.1, -0.05) is 37.3 Å². The number of phenols is 1. The maximum atomic E-state index is 13.3. The molecule has 0 atom stereocenters. The highest BCUT2D eigenvalue weighted by molar-refractivity contribution is 14.1. The molecule has 0 saturated carbocycles. The number of ether oxygens (including phenoxy) is 1. The van der Waals surface area contributed by atoms with Gasteiger partial charge in [0, 0.05) is 23.4 Å². The molecule has 0 unspecified atom stereocenters. The maximum absolute atomic E-state index is 13.3. The Balaban J connectivity index is 1.65. The Bertz CT molecular complexity index is 1300. The molecule has 32 heavy (non-hydrogen) atoms. The molecule has 1 heterocycles. The van der Waals surface area contributed by atoms with E-state index in [4.69, 9.17) is 9.15 Å². The Morgan fingerprint density at radius 1 is 1.00 bits per heavy atom. The van der Waals surface area contributed by atoms with Crippen LogP contribution in [0.15, 0.2) is 65.1 Å². The van der Waals surface area contributed by atoms with Crippen molar-refractivity contribution in [2.75, 3.05) is 0 Å². The standard InChI is InChI=1S/C25H18I2O5/c1-2-20-23(24(29)15-11-18(26)25(30)19(27)12-15)17-9-8-16(13-21(17)32-20)31-22(28)10-14-6-4-3-5-7-14/h3-9,11-13,30H,2,10H2,1H3. The average molecular weight is 652 g/mol. The lowest BCUT2D eigenvalue weighted by molar-refractivity contribution is -0.133. The van der Waals surface area contributed by atoms with Gasteiger partial charge in [0.05, 0.1) is 19.1 Å². The minimum Gasteiger partial charge on any atom is -0.506 e.